The van der Waals surface area contributed by atoms with Crippen LogP contribution in [0, 0.1) is 5.92 Å². The molecule has 1 atom stereocenters. The van der Waals surface area contributed by atoms with E-state index in [1.54, 1.807) is 6.26 Å². The standard InChI is InChI=1S/C21H22N4O2/c26-21(22-14-18-9-5-13-27-18)17-8-4-12-25(15-17)20-11-10-19(23-24-20)16-6-2-1-3-7-16/h1-3,5-7,9-11,13,17H,4,8,12,14-15H2,(H,22,26)/t17-/m0/s1. The van der Waals surface area contributed by atoms with Gasteiger partial charge in [0.15, 0.2) is 5.82 Å². The van der Waals surface area contributed by atoms with Crippen molar-refractivity contribution >= 4 is 11.7 Å². The van der Waals surface area contributed by atoms with Crippen LogP contribution in [-0.2, 0) is 11.3 Å². The van der Waals surface area contributed by atoms with E-state index in [0.29, 0.717) is 13.1 Å². The predicted octanol–water partition coefficient (Wildman–Crippen LogP) is 3.27. The Morgan fingerprint density at radius 3 is 2.74 bits per heavy atom. The van der Waals surface area contributed by atoms with Crippen molar-refractivity contribution in [2.24, 2.45) is 5.92 Å². The minimum atomic E-state index is -0.0516. The molecule has 2 aromatic heterocycles. The van der Waals surface area contributed by atoms with Crippen molar-refractivity contribution in [2.75, 3.05) is 18.0 Å². The molecule has 0 unspecified atom stereocenters. The highest BCUT2D eigenvalue weighted by molar-refractivity contribution is 5.79. The highest BCUT2D eigenvalue weighted by Gasteiger charge is 2.26. The lowest BCUT2D eigenvalue weighted by Crippen LogP contribution is -2.43. The summed E-state index contributed by atoms with van der Waals surface area (Å²) in [6.45, 7) is 1.97. The van der Waals surface area contributed by atoms with E-state index in [1.807, 2.05) is 54.6 Å². The monoisotopic (exact) mass is 362 g/mol. The largest absolute Gasteiger partial charge is 0.467 e. The molecule has 0 aliphatic carbocycles. The predicted molar refractivity (Wildman–Crippen MR) is 103 cm³/mol. The maximum atomic E-state index is 12.5. The summed E-state index contributed by atoms with van der Waals surface area (Å²) in [6.07, 6.45) is 3.46. The number of piperidine rings is 1. The first-order chi connectivity index (χ1) is 13.3. The minimum Gasteiger partial charge on any atom is -0.467 e. The number of rotatable bonds is 5. The molecule has 6 nitrogen and oxygen atoms in total. The quantitative estimate of drug-likeness (QED) is 0.754. The molecule has 3 aromatic rings. The number of hydrogen-bond acceptors (Lipinski definition) is 5. The molecule has 0 spiro atoms. The molecule has 1 aromatic carbocycles. The number of carbonyl (C=O) groups is 1. The Hall–Kier alpha value is -3.15. The third kappa shape index (κ3) is 4.16. The molecule has 1 fully saturated rings. The highest BCUT2D eigenvalue weighted by atomic mass is 16.3. The Morgan fingerprint density at radius 1 is 1.11 bits per heavy atom. The van der Waals surface area contributed by atoms with Gasteiger partial charge in [-0.15, -0.1) is 10.2 Å². The first kappa shape index (κ1) is 17.3. The summed E-state index contributed by atoms with van der Waals surface area (Å²) in [5.74, 6) is 1.59. The van der Waals surface area contributed by atoms with Crippen molar-refractivity contribution in [1.82, 2.24) is 15.5 Å². The maximum absolute atomic E-state index is 12.5. The van der Waals surface area contributed by atoms with Gasteiger partial charge in [0.2, 0.25) is 5.91 Å². The fraction of sp³-hybridized carbons (Fsp3) is 0.286. The average Bonchev–Trinajstić information content (AvgIpc) is 3.27. The number of nitrogens with one attached hydrogen (secondary N) is 1. The van der Waals surface area contributed by atoms with Crippen molar-refractivity contribution in [2.45, 2.75) is 19.4 Å². The van der Waals surface area contributed by atoms with Gasteiger partial charge in [-0.3, -0.25) is 4.79 Å². The Balaban J connectivity index is 1.38. The second-order valence-electron chi connectivity index (χ2n) is 6.73. The zero-order chi connectivity index (χ0) is 18.5. The van der Waals surface area contributed by atoms with Crippen molar-refractivity contribution in [3.05, 3.63) is 66.6 Å². The van der Waals surface area contributed by atoms with Gasteiger partial charge < -0.3 is 14.6 Å². The topological polar surface area (TPSA) is 71.3 Å². The molecule has 6 heteroatoms. The second kappa shape index (κ2) is 8.03. The minimum absolute atomic E-state index is 0.0516. The number of benzene rings is 1. The van der Waals surface area contributed by atoms with Gasteiger partial charge in [0.25, 0.3) is 0 Å². The summed E-state index contributed by atoms with van der Waals surface area (Å²) >= 11 is 0. The van der Waals surface area contributed by atoms with Crippen LogP contribution in [0.3, 0.4) is 0 Å². The molecule has 3 heterocycles. The Bertz CT molecular complexity index is 863. The highest BCUT2D eigenvalue weighted by Crippen LogP contribution is 2.23. The van der Waals surface area contributed by atoms with Crippen LogP contribution in [0.4, 0.5) is 5.82 Å². The number of carbonyl (C=O) groups excluding carboxylic acids is 1. The summed E-state index contributed by atoms with van der Waals surface area (Å²) in [5.41, 5.74) is 1.90. The third-order valence-electron chi connectivity index (χ3n) is 4.85. The van der Waals surface area contributed by atoms with Crippen LogP contribution < -0.4 is 10.2 Å². The molecule has 27 heavy (non-hydrogen) atoms. The van der Waals surface area contributed by atoms with Crippen molar-refractivity contribution in [3.8, 4) is 11.3 Å². The van der Waals surface area contributed by atoms with E-state index < -0.39 is 0 Å². The summed E-state index contributed by atoms with van der Waals surface area (Å²) in [5, 5.41) is 11.7. The molecule has 1 saturated heterocycles. The number of aromatic nitrogens is 2. The molecule has 0 radical (unpaired) electrons. The molecule has 1 aliphatic heterocycles. The van der Waals surface area contributed by atoms with Crippen LogP contribution >= 0.6 is 0 Å². The van der Waals surface area contributed by atoms with Gasteiger partial charge in [0.05, 0.1) is 24.4 Å². The first-order valence-corrected chi connectivity index (χ1v) is 9.24. The smallest absolute Gasteiger partial charge is 0.225 e. The molecular formula is C21H22N4O2. The average molecular weight is 362 g/mol. The van der Waals surface area contributed by atoms with Crippen molar-refractivity contribution < 1.29 is 9.21 Å². The molecular weight excluding hydrogens is 340 g/mol. The van der Waals surface area contributed by atoms with E-state index >= 15 is 0 Å². The van der Waals surface area contributed by atoms with Crippen LogP contribution in [-0.4, -0.2) is 29.2 Å². The molecule has 4 rings (SSSR count). The van der Waals surface area contributed by atoms with Gasteiger partial charge in [0.1, 0.15) is 5.76 Å². The van der Waals surface area contributed by atoms with Crippen molar-refractivity contribution in [3.63, 3.8) is 0 Å². The maximum Gasteiger partial charge on any atom is 0.225 e. The molecule has 1 aliphatic rings. The zero-order valence-corrected chi connectivity index (χ0v) is 15.0. The van der Waals surface area contributed by atoms with Gasteiger partial charge in [-0.1, -0.05) is 30.3 Å². The van der Waals surface area contributed by atoms with Crippen LogP contribution in [0.25, 0.3) is 11.3 Å². The van der Waals surface area contributed by atoms with Crippen LogP contribution in [0.5, 0.6) is 0 Å². The fourth-order valence-corrected chi connectivity index (χ4v) is 3.39. The van der Waals surface area contributed by atoms with Gasteiger partial charge >= 0.3 is 0 Å². The molecule has 138 valence electrons. The molecule has 1 amide bonds. The van der Waals surface area contributed by atoms with E-state index in [1.165, 1.54) is 0 Å². The van der Waals surface area contributed by atoms with E-state index in [2.05, 4.69) is 20.4 Å². The van der Waals surface area contributed by atoms with Gasteiger partial charge in [-0.25, -0.2) is 0 Å². The zero-order valence-electron chi connectivity index (χ0n) is 15.0. The van der Waals surface area contributed by atoms with E-state index in [0.717, 1.165) is 42.2 Å². The Kier molecular flexibility index (Phi) is 5.14. The molecule has 0 bridgehead atoms. The first-order valence-electron chi connectivity index (χ1n) is 9.24. The second-order valence-corrected chi connectivity index (χ2v) is 6.73. The fourth-order valence-electron chi connectivity index (χ4n) is 3.39. The SMILES string of the molecule is O=C(NCc1ccco1)[C@H]1CCCN(c2ccc(-c3ccccc3)nn2)C1. The number of amides is 1. The van der Waals surface area contributed by atoms with Crippen LogP contribution in [0.15, 0.2) is 65.3 Å². The molecule has 0 saturated carbocycles. The van der Waals surface area contributed by atoms with Crippen molar-refractivity contribution in [1.29, 1.82) is 0 Å². The van der Waals surface area contributed by atoms with Gasteiger partial charge in [0, 0.05) is 18.7 Å². The van der Waals surface area contributed by atoms with E-state index in [9.17, 15) is 4.79 Å². The van der Waals surface area contributed by atoms with Crippen LogP contribution in [0.1, 0.15) is 18.6 Å². The van der Waals surface area contributed by atoms with Crippen LogP contribution in [0.2, 0.25) is 0 Å². The number of hydrogen-bond donors (Lipinski definition) is 1. The molecule has 1 N–H and O–H groups in total. The lowest BCUT2D eigenvalue weighted by molar-refractivity contribution is -0.125. The van der Waals surface area contributed by atoms with E-state index in [4.69, 9.17) is 4.42 Å². The third-order valence-corrected chi connectivity index (χ3v) is 4.85. The number of anilines is 1. The lowest BCUT2D eigenvalue weighted by atomic mass is 9.97. The Morgan fingerprint density at radius 2 is 2.00 bits per heavy atom. The normalized spacial score (nSPS) is 16.9. The summed E-state index contributed by atoms with van der Waals surface area (Å²) in [4.78, 5) is 14.6. The summed E-state index contributed by atoms with van der Waals surface area (Å²) in [6, 6.07) is 17.6. The number of furan rings is 1. The van der Waals surface area contributed by atoms with Gasteiger partial charge in [-0.2, -0.15) is 0 Å². The summed E-state index contributed by atoms with van der Waals surface area (Å²) < 4.78 is 5.27. The summed E-state index contributed by atoms with van der Waals surface area (Å²) in [7, 11) is 0. The Labute approximate surface area is 158 Å². The number of nitrogens with zero attached hydrogens (tertiary/aromatic N) is 3. The lowest BCUT2D eigenvalue weighted by Gasteiger charge is -2.32. The van der Waals surface area contributed by atoms with E-state index in [-0.39, 0.29) is 11.8 Å². The van der Waals surface area contributed by atoms with Gasteiger partial charge in [-0.05, 0) is 37.1 Å².